The van der Waals surface area contributed by atoms with Gasteiger partial charge in [-0.15, -0.1) is 0 Å². The van der Waals surface area contributed by atoms with Gasteiger partial charge in [-0.05, 0) is 32.0 Å². The monoisotopic (exact) mass is 404 g/mol. The molecular weight excluding hydrogens is 381 g/mol. The molecule has 0 fully saturated rings. The third-order valence-electron chi connectivity index (χ3n) is 3.69. The average Bonchev–Trinajstić information content (AvgIpc) is 2.61. The van der Waals surface area contributed by atoms with Crippen LogP contribution in [0.1, 0.15) is 25.8 Å². The molecule has 3 amide bonds. The minimum Gasteiger partial charge on any atom is -0.456 e. The fourth-order valence-electron chi connectivity index (χ4n) is 2.34. The van der Waals surface area contributed by atoms with Gasteiger partial charge in [0, 0.05) is 19.6 Å². The van der Waals surface area contributed by atoms with Crippen LogP contribution in [0, 0.1) is 0 Å². The Balaban J connectivity index is 2.82. The Morgan fingerprint density at radius 1 is 1.18 bits per heavy atom. The lowest BCUT2D eigenvalue weighted by atomic mass is 10.1. The summed E-state index contributed by atoms with van der Waals surface area (Å²) in [5, 5.41) is 4.54. The predicted octanol–water partition coefficient (Wildman–Crippen LogP) is 2.09. The van der Waals surface area contributed by atoms with Crippen molar-refractivity contribution < 1.29 is 32.3 Å². The van der Waals surface area contributed by atoms with Crippen LogP contribution < -0.4 is 21.3 Å². The number of urea groups is 1. The number of nitrogens with one attached hydrogen (secondary N) is 2. The number of ether oxygens (including phenoxy) is 1. The highest BCUT2D eigenvalue weighted by Gasteiger charge is 2.31. The number of nitrogens with zero attached hydrogens (tertiary/aromatic N) is 1. The molecule has 0 radical (unpaired) electrons. The summed E-state index contributed by atoms with van der Waals surface area (Å²) < 4.78 is 43.7. The topological polar surface area (TPSA) is 114 Å². The van der Waals surface area contributed by atoms with Crippen LogP contribution in [0.2, 0.25) is 0 Å². The number of halogens is 3. The third-order valence-corrected chi connectivity index (χ3v) is 3.69. The minimum atomic E-state index is -4.57. The maximum absolute atomic E-state index is 13.0. The van der Waals surface area contributed by atoms with Crippen molar-refractivity contribution in [2.45, 2.75) is 26.4 Å². The fourth-order valence-corrected chi connectivity index (χ4v) is 2.34. The van der Waals surface area contributed by atoms with Crippen LogP contribution >= 0.6 is 0 Å². The zero-order valence-electron chi connectivity index (χ0n) is 15.6. The molecule has 4 N–H and O–H groups in total. The molecule has 8 nitrogen and oxygen atoms in total. The van der Waals surface area contributed by atoms with Crippen LogP contribution in [0.15, 0.2) is 18.2 Å². The van der Waals surface area contributed by atoms with E-state index < -0.39 is 36.3 Å². The van der Waals surface area contributed by atoms with E-state index in [0.717, 1.165) is 12.1 Å². The first-order valence-electron chi connectivity index (χ1n) is 8.53. The highest BCUT2D eigenvalue weighted by molar-refractivity contribution is 5.96. The van der Waals surface area contributed by atoms with E-state index in [1.807, 2.05) is 13.8 Å². The number of carbonyl (C=O) groups excluding carboxylic acids is 3. The molecular formula is C17H23F3N4O4. The number of amides is 3. The molecule has 0 atom stereocenters. The molecule has 0 heterocycles. The lowest BCUT2D eigenvalue weighted by molar-refractivity contribution is -0.147. The molecule has 1 aromatic rings. The lowest BCUT2D eigenvalue weighted by Crippen LogP contribution is -2.32. The summed E-state index contributed by atoms with van der Waals surface area (Å²) in [7, 11) is 0. The highest BCUT2D eigenvalue weighted by Crippen LogP contribution is 2.35. The van der Waals surface area contributed by atoms with Crippen molar-refractivity contribution in [1.29, 1.82) is 0 Å². The third kappa shape index (κ3) is 7.33. The quantitative estimate of drug-likeness (QED) is 0.546. The van der Waals surface area contributed by atoms with E-state index in [2.05, 4.69) is 10.6 Å². The molecule has 0 saturated heterocycles. The molecule has 156 valence electrons. The molecule has 0 saturated carbocycles. The molecule has 0 spiro atoms. The highest BCUT2D eigenvalue weighted by atomic mass is 19.4. The van der Waals surface area contributed by atoms with E-state index in [4.69, 9.17) is 10.5 Å². The summed E-state index contributed by atoms with van der Waals surface area (Å²) >= 11 is 0. The number of nitrogens with two attached hydrogens (primary N) is 1. The first-order chi connectivity index (χ1) is 13.1. The Bertz CT molecular complexity index is 706. The van der Waals surface area contributed by atoms with Gasteiger partial charge in [-0.1, -0.05) is 0 Å². The number of primary amides is 1. The van der Waals surface area contributed by atoms with Gasteiger partial charge in [0.15, 0.2) is 6.61 Å². The molecule has 0 aliphatic heterocycles. The minimum absolute atomic E-state index is 0.0324. The van der Waals surface area contributed by atoms with Crippen molar-refractivity contribution in [1.82, 2.24) is 5.32 Å². The molecule has 0 unspecified atom stereocenters. The smallest absolute Gasteiger partial charge is 0.416 e. The summed E-state index contributed by atoms with van der Waals surface area (Å²) in [5.74, 6) is -1.55. The standard InChI is InChI=1S/C17H23F3N4O4/c1-3-24(4-2)13-6-5-11(17(18,19)20)9-12(13)23-14(25)10-28-15(26)7-8-22-16(21)27/h5-6,9H,3-4,7-8,10H2,1-2H3,(H,23,25)(H3,21,22,27). The summed E-state index contributed by atoms with van der Waals surface area (Å²) in [6, 6.07) is 2.26. The van der Waals surface area contributed by atoms with E-state index in [0.29, 0.717) is 18.8 Å². The van der Waals surface area contributed by atoms with Gasteiger partial charge in [0.2, 0.25) is 0 Å². The van der Waals surface area contributed by atoms with Crippen molar-refractivity contribution in [3.63, 3.8) is 0 Å². The molecule has 0 aliphatic carbocycles. The SMILES string of the molecule is CCN(CC)c1ccc(C(F)(F)F)cc1NC(=O)COC(=O)CCNC(N)=O. The molecule has 0 aromatic heterocycles. The van der Waals surface area contributed by atoms with Crippen molar-refractivity contribution in [2.75, 3.05) is 36.5 Å². The van der Waals surface area contributed by atoms with Crippen molar-refractivity contribution in [3.8, 4) is 0 Å². The molecule has 28 heavy (non-hydrogen) atoms. The second-order valence-corrected chi connectivity index (χ2v) is 5.65. The zero-order chi connectivity index (χ0) is 21.3. The fraction of sp³-hybridized carbons (Fsp3) is 0.471. The summed E-state index contributed by atoms with van der Waals surface area (Å²) in [5.41, 5.74) is 4.32. The molecule has 11 heteroatoms. The first-order valence-corrected chi connectivity index (χ1v) is 8.53. The first kappa shape index (κ1) is 23.1. The van der Waals surface area contributed by atoms with Crippen molar-refractivity contribution in [2.24, 2.45) is 5.73 Å². The number of esters is 1. The van der Waals surface area contributed by atoms with E-state index >= 15 is 0 Å². The van der Waals surface area contributed by atoms with Crippen molar-refractivity contribution >= 4 is 29.3 Å². The van der Waals surface area contributed by atoms with Crippen LogP contribution in [-0.2, 0) is 20.5 Å². The Morgan fingerprint density at radius 3 is 2.36 bits per heavy atom. The number of carbonyl (C=O) groups is 3. The summed E-state index contributed by atoms with van der Waals surface area (Å²) in [4.78, 5) is 35.8. The van der Waals surface area contributed by atoms with Gasteiger partial charge in [-0.2, -0.15) is 13.2 Å². The van der Waals surface area contributed by atoms with Gasteiger partial charge >= 0.3 is 18.2 Å². The van der Waals surface area contributed by atoms with Crippen LogP contribution in [0.3, 0.4) is 0 Å². The molecule has 1 aromatic carbocycles. The molecule has 0 bridgehead atoms. The maximum Gasteiger partial charge on any atom is 0.416 e. The Morgan fingerprint density at radius 2 is 1.82 bits per heavy atom. The van der Waals surface area contributed by atoms with Gasteiger partial charge in [-0.25, -0.2) is 4.79 Å². The van der Waals surface area contributed by atoms with Crippen molar-refractivity contribution in [3.05, 3.63) is 23.8 Å². The number of rotatable bonds is 9. The number of anilines is 2. The molecule has 0 aliphatic rings. The van der Waals surface area contributed by atoms with Crippen LogP contribution in [0.5, 0.6) is 0 Å². The van der Waals surface area contributed by atoms with Gasteiger partial charge < -0.3 is 26.0 Å². The summed E-state index contributed by atoms with van der Waals surface area (Å²) in [6.07, 6.45) is -4.77. The van der Waals surface area contributed by atoms with Crippen LogP contribution in [0.4, 0.5) is 29.3 Å². The number of benzene rings is 1. The van der Waals surface area contributed by atoms with Gasteiger partial charge in [-0.3, -0.25) is 9.59 Å². The van der Waals surface area contributed by atoms with Gasteiger partial charge in [0.25, 0.3) is 5.91 Å². The maximum atomic E-state index is 13.0. The van der Waals surface area contributed by atoms with Gasteiger partial charge in [0.1, 0.15) is 0 Å². The Kier molecular flexibility index (Phi) is 8.55. The second kappa shape index (κ2) is 10.4. The number of hydrogen-bond acceptors (Lipinski definition) is 5. The second-order valence-electron chi connectivity index (χ2n) is 5.65. The van der Waals surface area contributed by atoms with E-state index in [1.54, 1.807) is 4.90 Å². The molecule has 1 rings (SSSR count). The largest absolute Gasteiger partial charge is 0.456 e. The predicted molar refractivity (Wildman–Crippen MR) is 96.8 cm³/mol. The number of alkyl halides is 3. The number of hydrogen-bond donors (Lipinski definition) is 3. The zero-order valence-corrected chi connectivity index (χ0v) is 15.6. The lowest BCUT2D eigenvalue weighted by Gasteiger charge is -2.25. The average molecular weight is 404 g/mol. The summed E-state index contributed by atoms with van der Waals surface area (Å²) in [6.45, 7) is 3.96. The van der Waals surface area contributed by atoms with E-state index in [9.17, 15) is 27.6 Å². The van der Waals surface area contributed by atoms with E-state index in [-0.39, 0.29) is 18.7 Å². The Labute approximate surface area is 160 Å². The van der Waals surface area contributed by atoms with Crippen LogP contribution in [0.25, 0.3) is 0 Å². The Hall–Kier alpha value is -2.98. The van der Waals surface area contributed by atoms with Crippen LogP contribution in [-0.4, -0.2) is 44.1 Å². The van der Waals surface area contributed by atoms with E-state index in [1.165, 1.54) is 6.07 Å². The normalized spacial score (nSPS) is 10.9. The van der Waals surface area contributed by atoms with Gasteiger partial charge in [0.05, 0.1) is 23.4 Å².